The zero-order chi connectivity index (χ0) is 17.8. The molecule has 0 aliphatic carbocycles. The first-order chi connectivity index (χ1) is 12.0. The van der Waals surface area contributed by atoms with Crippen molar-refractivity contribution >= 4 is 35.0 Å². The quantitative estimate of drug-likeness (QED) is 0.743. The Hall–Kier alpha value is -1.84. The van der Waals surface area contributed by atoms with Crippen LogP contribution in [0.5, 0.6) is 0 Å². The average Bonchev–Trinajstić information content (AvgIpc) is 3.20. The Morgan fingerprint density at radius 1 is 1.56 bits per heavy atom. The van der Waals surface area contributed by atoms with Gasteiger partial charge in [-0.3, -0.25) is 9.36 Å². The highest BCUT2D eigenvalue weighted by Gasteiger charge is 2.20. The van der Waals surface area contributed by atoms with Crippen molar-refractivity contribution in [2.45, 2.75) is 30.6 Å². The molecule has 1 fully saturated rings. The van der Waals surface area contributed by atoms with Crippen molar-refractivity contribution in [2.24, 2.45) is 0 Å². The van der Waals surface area contributed by atoms with Gasteiger partial charge in [0.15, 0.2) is 5.16 Å². The molecule has 3 rings (SSSR count). The maximum Gasteiger partial charge on any atom is 0.344 e. The Balaban J connectivity index is 1.59. The van der Waals surface area contributed by atoms with Crippen LogP contribution in [0.1, 0.15) is 12.8 Å². The van der Waals surface area contributed by atoms with Crippen LogP contribution in [0.4, 0.5) is 10.1 Å². The van der Waals surface area contributed by atoms with Crippen LogP contribution in [0.15, 0.2) is 28.2 Å². The summed E-state index contributed by atoms with van der Waals surface area (Å²) in [7, 11) is 0. The first-order valence-corrected chi connectivity index (χ1v) is 9.04. The smallest absolute Gasteiger partial charge is 0.344 e. The fraction of sp³-hybridized carbons (Fsp3) is 0.400. The lowest BCUT2D eigenvalue weighted by atomic mass is 10.2. The number of hydrogen-bond acceptors (Lipinski definition) is 5. The van der Waals surface area contributed by atoms with Crippen molar-refractivity contribution in [3.8, 4) is 0 Å². The zero-order valence-corrected chi connectivity index (χ0v) is 14.7. The second-order valence-electron chi connectivity index (χ2n) is 5.52. The number of hydrogen-bond donors (Lipinski definition) is 2. The molecule has 134 valence electrons. The lowest BCUT2D eigenvalue weighted by Gasteiger charge is -2.11. The second kappa shape index (κ2) is 8.03. The summed E-state index contributed by atoms with van der Waals surface area (Å²) in [6.07, 6.45) is 1.85. The molecule has 1 amide bonds. The lowest BCUT2D eigenvalue weighted by molar-refractivity contribution is -0.113. The Morgan fingerprint density at radius 2 is 2.40 bits per heavy atom. The van der Waals surface area contributed by atoms with Crippen molar-refractivity contribution in [1.29, 1.82) is 0 Å². The van der Waals surface area contributed by atoms with Crippen molar-refractivity contribution in [3.05, 3.63) is 39.5 Å². The van der Waals surface area contributed by atoms with Crippen LogP contribution < -0.4 is 11.0 Å². The van der Waals surface area contributed by atoms with E-state index < -0.39 is 5.82 Å². The van der Waals surface area contributed by atoms with Gasteiger partial charge in [-0.25, -0.2) is 14.3 Å². The molecular formula is C15H16ClFN4O3S. The molecule has 1 aliphatic heterocycles. The maximum atomic E-state index is 13.0. The van der Waals surface area contributed by atoms with Crippen LogP contribution in [0.2, 0.25) is 5.02 Å². The number of nitrogens with zero attached hydrogens (tertiary/aromatic N) is 2. The molecule has 2 N–H and O–H groups in total. The third kappa shape index (κ3) is 4.62. The van der Waals surface area contributed by atoms with Gasteiger partial charge in [-0.2, -0.15) is 0 Å². The molecule has 1 aromatic carbocycles. The molecule has 1 saturated heterocycles. The monoisotopic (exact) mass is 386 g/mol. The number of nitrogens with one attached hydrogen (secondary N) is 2. The number of carbonyl (C=O) groups is 1. The van der Waals surface area contributed by atoms with Gasteiger partial charge in [0.25, 0.3) is 0 Å². The van der Waals surface area contributed by atoms with Crippen molar-refractivity contribution in [1.82, 2.24) is 14.8 Å². The van der Waals surface area contributed by atoms with E-state index in [1.54, 1.807) is 0 Å². The van der Waals surface area contributed by atoms with E-state index in [0.717, 1.165) is 30.7 Å². The summed E-state index contributed by atoms with van der Waals surface area (Å²) in [5, 5.41) is 9.46. The molecular weight excluding hydrogens is 371 g/mol. The minimum Gasteiger partial charge on any atom is -0.376 e. The Kier molecular flexibility index (Phi) is 5.77. The van der Waals surface area contributed by atoms with Gasteiger partial charge in [-0.1, -0.05) is 23.4 Å². The number of aromatic nitrogens is 3. The van der Waals surface area contributed by atoms with Crippen molar-refractivity contribution in [2.75, 3.05) is 17.7 Å². The number of rotatable bonds is 6. The van der Waals surface area contributed by atoms with E-state index in [0.29, 0.717) is 24.0 Å². The van der Waals surface area contributed by atoms with Gasteiger partial charge < -0.3 is 10.1 Å². The van der Waals surface area contributed by atoms with Gasteiger partial charge in [-0.15, -0.1) is 5.10 Å². The molecule has 1 aliphatic rings. The molecule has 7 nitrogen and oxygen atoms in total. The minimum absolute atomic E-state index is 0.0125. The number of aromatic amines is 1. The number of carbonyl (C=O) groups excluding carboxylic acids is 1. The predicted molar refractivity (Wildman–Crippen MR) is 92.6 cm³/mol. The predicted octanol–water partition coefficient (Wildman–Crippen LogP) is 2.27. The van der Waals surface area contributed by atoms with E-state index in [1.807, 2.05) is 0 Å². The van der Waals surface area contributed by atoms with Crippen LogP contribution in [0, 0.1) is 5.82 Å². The number of benzene rings is 1. The highest BCUT2D eigenvalue weighted by molar-refractivity contribution is 7.99. The Labute approximate surface area is 151 Å². The lowest BCUT2D eigenvalue weighted by Crippen LogP contribution is -2.25. The molecule has 0 unspecified atom stereocenters. The number of H-pyrrole nitrogens is 1. The summed E-state index contributed by atoms with van der Waals surface area (Å²) >= 11 is 7.00. The molecule has 0 radical (unpaired) electrons. The first kappa shape index (κ1) is 18.0. The van der Waals surface area contributed by atoms with Crippen LogP contribution in [0.3, 0.4) is 0 Å². The molecule has 2 heterocycles. The average molecular weight is 387 g/mol. The summed E-state index contributed by atoms with van der Waals surface area (Å²) in [4.78, 5) is 23.9. The molecule has 0 bridgehead atoms. The van der Waals surface area contributed by atoms with Crippen LogP contribution in [0.25, 0.3) is 0 Å². The molecule has 25 heavy (non-hydrogen) atoms. The normalized spacial score (nSPS) is 17.0. The fourth-order valence-corrected chi connectivity index (χ4v) is 3.44. The largest absolute Gasteiger partial charge is 0.376 e. The van der Waals surface area contributed by atoms with E-state index >= 15 is 0 Å². The molecule has 1 aromatic heterocycles. The van der Waals surface area contributed by atoms with Gasteiger partial charge in [0.05, 0.1) is 29.1 Å². The number of thioether (sulfide) groups is 1. The second-order valence-corrected chi connectivity index (χ2v) is 6.87. The summed E-state index contributed by atoms with van der Waals surface area (Å²) in [5.41, 5.74) is -0.00701. The number of halogens is 2. The van der Waals surface area contributed by atoms with E-state index in [9.17, 15) is 14.0 Å². The Morgan fingerprint density at radius 3 is 3.12 bits per heavy atom. The zero-order valence-electron chi connectivity index (χ0n) is 13.1. The first-order valence-electron chi connectivity index (χ1n) is 7.67. The standard InChI is InChI=1S/C15H16ClFN4O3S/c16-11-6-9(17)3-4-12(11)18-13(22)8-25-15-20-19-14(23)21(15)7-10-2-1-5-24-10/h3-4,6,10H,1-2,5,7-8H2,(H,18,22)(H,19,23)/t10-/m0/s1. The third-order valence-corrected chi connectivity index (χ3v) is 4.96. The highest BCUT2D eigenvalue weighted by Crippen LogP contribution is 2.23. The van der Waals surface area contributed by atoms with Crippen LogP contribution in [-0.4, -0.2) is 39.1 Å². The van der Waals surface area contributed by atoms with E-state index in [2.05, 4.69) is 15.5 Å². The SMILES string of the molecule is O=C(CSc1n[nH]c(=O)n1C[C@@H]1CCCO1)Nc1ccc(F)cc1Cl. The van der Waals surface area contributed by atoms with Gasteiger partial charge in [0.1, 0.15) is 5.82 Å². The van der Waals surface area contributed by atoms with E-state index in [-0.39, 0.29) is 28.5 Å². The fourth-order valence-electron chi connectivity index (χ4n) is 2.47. The van der Waals surface area contributed by atoms with Gasteiger partial charge in [0.2, 0.25) is 5.91 Å². The van der Waals surface area contributed by atoms with Crippen molar-refractivity contribution < 1.29 is 13.9 Å². The summed E-state index contributed by atoms with van der Waals surface area (Å²) in [6, 6.07) is 3.72. The minimum atomic E-state index is -0.480. The van der Waals surface area contributed by atoms with Gasteiger partial charge >= 0.3 is 5.69 Å². The highest BCUT2D eigenvalue weighted by atomic mass is 35.5. The number of anilines is 1. The summed E-state index contributed by atoms with van der Waals surface area (Å²) in [6.45, 7) is 1.10. The summed E-state index contributed by atoms with van der Waals surface area (Å²) in [5.74, 6) is -0.784. The maximum absolute atomic E-state index is 13.0. The van der Waals surface area contributed by atoms with Crippen LogP contribution >= 0.6 is 23.4 Å². The Bertz CT molecular complexity index is 819. The molecule has 1 atom stereocenters. The molecule has 10 heteroatoms. The van der Waals surface area contributed by atoms with Gasteiger partial charge in [-0.05, 0) is 31.0 Å². The topological polar surface area (TPSA) is 89.0 Å². The molecule has 0 spiro atoms. The molecule has 0 saturated carbocycles. The number of ether oxygens (including phenoxy) is 1. The van der Waals surface area contributed by atoms with Crippen LogP contribution in [-0.2, 0) is 16.1 Å². The number of amides is 1. The van der Waals surface area contributed by atoms with E-state index in [1.165, 1.54) is 16.7 Å². The van der Waals surface area contributed by atoms with E-state index in [4.69, 9.17) is 16.3 Å². The summed E-state index contributed by atoms with van der Waals surface area (Å²) < 4.78 is 20.0. The third-order valence-electron chi connectivity index (χ3n) is 3.67. The molecule has 2 aromatic rings. The van der Waals surface area contributed by atoms with Gasteiger partial charge in [0, 0.05) is 6.61 Å². The van der Waals surface area contributed by atoms with Crippen molar-refractivity contribution in [3.63, 3.8) is 0 Å².